The maximum absolute atomic E-state index is 10.3. The van der Waals surface area contributed by atoms with Gasteiger partial charge in [-0.1, -0.05) is 37.1 Å². The highest BCUT2D eigenvalue weighted by molar-refractivity contribution is 5.37. The second-order valence-corrected chi connectivity index (χ2v) is 5.20. The average molecular weight is 217 g/mol. The van der Waals surface area contributed by atoms with Crippen LogP contribution < -0.4 is 5.73 Å². The zero-order valence-electron chi connectivity index (χ0n) is 9.47. The van der Waals surface area contributed by atoms with Crippen molar-refractivity contribution in [3.63, 3.8) is 0 Å². The first kappa shape index (κ1) is 10.3. The molecule has 1 saturated carbocycles. The van der Waals surface area contributed by atoms with Gasteiger partial charge in [-0.25, -0.2) is 0 Å². The van der Waals surface area contributed by atoms with Crippen LogP contribution in [0, 0.1) is 5.92 Å². The van der Waals surface area contributed by atoms with Crippen LogP contribution in [0.3, 0.4) is 0 Å². The lowest BCUT2D eigenvalue weighted by Gasteiger charge is -2.43. The highest BCUT2D eigenvalue weighted by Crippen LogP contribution is 2.47. The molecule has 0 aliphatic heterocycles. The molecule has 2 nitrogen and oxygen atoms in total. The standard InChI is InChI=1S/C14H19NO/c15-13-11-7-3-1-5-9(11)10-6-2-4-8-12(10)14(13)16/h1,3,5,7,10,12-14,16H,2,4,6,8,15H2/t10-,12-,13+,14+/m0/s1. The second kappa shape index (κ2) is 3.86. The maximum atomic E-state index is 10.3. The van der Waals surface area contributed by atoms with Gasteiger partial charge in [0.15, 0.2) is 0 Å². The molecule has 1 fully saturated rings. The normalized spacial score (nSPS) is 37.6. The molecule has 0 heterocycles. The quantitative estimate of drug-likeness (QED) is 0.700. The molecule has 3 N–H and O–H groups in total. The van der Waals surface area contributed by atoms with Crippen molar-refractivity contribution in [1.82, 2.24) is 0 Å². The average Bonchev–Trinajstić information content (AvgIpc) is 2.36. The predicted octanol–water partition coefficient (Wildman–Crippen LogP) is 2.33. The van der Waals surface area contributed by atoms with E-state index in [-0.39, 0.29) is 12.1 Å². The van der Waals surface area contributed by atoms with Crippen molar-refractivity contribution in [3.8, 4) is 0 Å². The molecular weight excluding hydrogens is 198 g/mol. The van der Waals surface area contributed by atoms with Crippen LogP contribution in [-0.4, -0.2) is 11.2 Å². The van der Waals surface area contributed by atoms with Crippen LogP contribution in [0.2, 0.25) is 0 Å². The summed E-state index contributed by atoms with van der Waals surface area (Å²) in [5.41, 5.74) is 8.71. The molecule has 0 saturated heterocycles. The van der Waals surface area contributed by atoms with Crippen LogP contribution in [0.5, 0.6) is 0 Å². The van der Waals surface area contributed by atoms with Crippen LogP contribution >= 0.6 is 0 Å². The lowest BCUT2D eigenvalue weighted by atomic mass is 9.65. The summed E-state index contributed by atoms with van der Waals surface area (Å²) in [4.78, 5) is 0. The Kier molecular flexibility index (Phi) is 2.49. The van der Waals surface area contributed by atoms with Crippen molar-refractivity contribution in [3.05, 3.63) is 35.4 Å². The Labute approximate surface area is 96.5 Å². The fraction of sp³-hybridized carbons (Fsp3) is 0.571. The Balaban J connectivity index is 2.07. The van der Waals surface area contributed by atoms with Gasteiger partial charge in [-0.2, -0.15) is 0 Å². The van der Waals surface area contributed by atoms with Crippen molar-refractivity contribution in [2.24, 2.45) is 11.7 Å². The minimum absolute atomic E-state index is 0.185. The fourth-order valence-corrected chi connectivity index (χ4v) is 3.56. The molecule has 0 spiro atoms. The minimum atomic E-state index is -0.347. The van der Waals surface area contributed by atoms with Crippen LogP contribution in [0.25, 0.3) is 0 Å². The summed E-state index contributed by atoms with van der Waals surface area (Å²) < 4.78 is 0. The fourth-order valence-electron chi connectivity index (χ4n) is 3.56. The van der Waals surface area contributed by atoms with Crippen molar-refractivity contribution in [2.75, 3.05) is 0 Å². The monoisotopic (exact) mass is 217 g/mol. The van der Waals surface area contributed by atoms with Gasteiger partial charge < -0.3 is 10.8 Å². The van der Waals surface area contributed by atoms with E-state index in [2.05, 4.69) is 18.2 Å². The molecule has 0 radical (unpaired) electrons. The van der Waals surface area contributed by atoms with Gasteiger partial charge in [-0.05, 0) is 35.8 Å². The van der Waals surface area contributed by atoms with E-state index >= 15 is 0 Å². The maximum Gasteiger partial charge on any atom is 0.0766 e. The van der Waals surface area contributed by atoms with Gasteiger partial charge in [0.2, 0.25) is 0 Å². The van der Waals surface area contributed by atoms with E-state index in [1.807, 2.05) is 6.07 Å². The van der Waals surface area contributed by atoms with Gasteiger partial charge in [-0.3, -0.25) is 0 Å². The molecule has 2 heteroatoms. The summed E-state index contributed by atoms with van der Waals surface area (Å²) in [7, 11) is 0. The molecule has 1 aromatic rings. The van der Waals surface area contributed by atoms with Crippen LogP contribution in [0.15, 0.2) is 24.3 Å². The largest absolute Gasteiger partial charge is 0.391 e. The first-order valence-electron chi connectivity index (χ1n) is 6.31. The van der Waals surface area contributed by atoms with Crippen LogP contribution in [0.1, 0.15) is 48.8 Å². The first-order chi connectivity index (χ1) is 7.79. The summed E-state index contributed by atoms with van der Waals surface area (Å²) in [5.74, 6) is 0.929. The SMILES string of the molecule is N[C@@H]1c2ccccc2[C@@H]2CCCC[C@@H]2[C@H]1O. The Morgan fingerprint density at radius 3 is 2.56 bits per heavy atom. The molecular formula is C14H19NO. The molecule has 2 aliphatic carbocycles. The van der Waals surface area contributed by atoms with E-state index in [0.717, 1.165) is 12.0 Å². The molecule has 16 heavy (non-hydrogen) atoms. The first-order valence-corrected chi connectivity index (χ1v) is 6.31. The van der Waals surface area contributed by atoms with Gasteiger partial charge in [-0.15, -0.1) is 0 Å². The third-order valence-electron chi connectivity index (χ3n) is 4.38. The van der Waals surface area contributed by atoms with Gasteiger partial charge in [0.25, 0.3) is 0 Å². The summed E-state index contributed by atoms with van der Waals surface area (Å²) in [5, 5.41) is 10.3. The third-order valence-corrected chi connectivity index (χ3v) is 4.38. The molecule has 0 bridgehead atoms. The van der Waals surface area contributed by atoms with Crippen LogP contribution in [0.4, 0.5) is 0 Å². The smallest absolute Gasteiger partial charge is 0.0766 e. The second-order valence-electron chi connectivity index (χ2n) is 5.20. The summed E-state index contributed by atoms with van der Waals surface area (Å²) in [6.07, 6.45) is 4.53. The molecule has 3 rings (SSSR count). The number of nitrogens with two attached hydrogens (primary N) is 1. The van der Waals surface area contributed by atoms with E-state index in [4.69, 9.17) is 5.73 Å². The van der Waals surface area contributed by atoms with Gasteiger partial charge >= 0.3 is 0 Å². The lowest BCUT2D eigenvalue weighted by Crippen LogP contribution is -2.42. The zero-order valence-corrected chi connectivity index (χ0v) is 9.47. The third kappa shape index (κ3) is 1.40. The Bertz CT molecular complexity index is 390. The Morgan fingerprint density at radius 2 is 1.75 bits per heavy atom. The van der Waals surface area contributed by atoms with E-state index < -0.39 is 0 Å². The van der Waals surface area contributed by atoms with E-state index in [1.54, 1.807) is 0 Å². The molecule has 0 aromatic heterocycles. The number of benzene rings is 1. The molecule has 4 atom stereocenters. The number of aliphatic hydroxyl groups excluding tert-OH is 1. The molecule has 2 aliphatic rings. The summed E-state index contributed by atoms with van der Waals surface area (Å²) in [6.45, 7) is 0. The molecule has 0 unspecified atom stereocenters. The minimum Gasteiger partial charge on any atom is -0.391 e. The number of hydrogen-bond donors (Lipinski definition) is 2. The van der Waals surface area contributed by atoms with Crippen molar-refractivity contribution >= 4 is 0 Å². The molecule has 86 valence electrons. The molecule has 0 amide bonds. The van der Waals surface area contributed by atoms with Crippen molar-refractivity contribution in [1.29, 1.82) is 0 Å². The topological polar surface area (TPSA) is 46.2 Å². The summed E-state index contributed by atoms with van der Waals surface area (Å²) in [6, 6.07) is 8.21. The number of rotatable bonds is 0. The van der Waals surface area contributed by atoms with E-state index in [1.165, 1.54) is 24.8 Å². The van der Waals surface area contributed by atoms with Crippen molar-refractivity contribution < 1.29 is 5.11 Å². The Morgan fingerprint density at radius 1 is 1.06 bits per heavy atom. The van der Waals surface area contributed by atoms with Crippen LogP contribution in [-0.2, 0) is 0 Å². The summed E-state index contributed by atoms with van der Waals surface area (Å²) >= 11 is 0. The zero-order chi connectivity index (χ0) is 11.1. The number of aliphatic hydroxyl groups is 1. The highest BCUT2D eigenvalue weighted by Gasteiger charge is 2.40. The van der Waals surface area contributed by atoms with E-state index in [9.17, 15) is 5.11 Å². The number of hydrogen-bond acceptors (Lipinski definition) is 2. The van der Waals surface area contributed by atoms with Gasteiger partial charge in [0.05, 0.1) is 12.1 Å². The molecule has 1 aromatic carbocycles. The van der Waals surface area contributed by atoms with Crippen molar-refractivity contribution in [2.45, 2.75) is 43.7 Å². The van der Waals surface area contributed by atoms with Gasteiger partial charge in [0.1, 0.15) is 0 Å². The van der Waals surface area contributed by atoms with Gasteiger partial charge in [0, 0.05) is 0 Å². The predicted molar refractivity (Wildman–Crippen MR) is 64.1 cm³/mol. The Hall–Kier alpha value is -0.860. The lowest BCUT2D eigenvalue weighted by molar-refractivity contribution is 0.0383. The highest BCUT2D eigenvalue weighted by atomic mass is 16.3. The van der Waals surface area contributed by atoms with E-state index in [0.29, 0.717) is 11.8 Å². The number of fused-ring (bicyclic) bond motifs is 3.